The Kier molecular flexibility index (Phi) is 2.42. The lowest BCUT2D eigenvalue weighted by Gasteiger charge is -2.55. The molecule has 3 aliphatic rings. The van der Waals surface area contributed by atoms with Crippen LogP contribution in [0.5, 0.6) is 0 Å². The molecule has 1 aromatic heterocycles. The van der Waals surface area contributed by atoms with E-state index < -0.39 is 6.10 Å². The van der Waals surface area contributed by atoms with Gasteiger partial charge in [0.05, 0.1) is 6.10 Å². The average molecular weight is 239 g/mol. The summed E-state index contributed by atoms with van der Waals surface area (Å²) in [7, 11) is 0. The van der Waals surface area contributed by atoms with Crippen LogP contribution in [0.15, 0.2) is 18.3 Å². The van der Waals surface area contributed by atoms with Gasteiger partial charge in [0.2, 0.25) is 0 Å². The molecule has 0 amide bonds. The molecule has 3 nitrogen and oxygen atoms in total. The van der Waals surface area contributed by atoms with Crippen molar-refractivity contribution in [3.63, 3.8) is 0 Å². The minimum atomic E-state index is -0.464. The van der Waals surface area contributed by atoms with Crippen LogP contribution in [0, 0.1) is 5.92 Å². The minimum absolute atomic E-state index is 0.0988. The molecule has 1 atom stereocenters. The molecule has 3 heterocycles. The summed E-state index contributed by atoms with van der Waals surface area (Å²) in [4.78, 5) is 4.02. The number of piperidine rings is 2. The molecule has 4 heteroatoms. The van der Waals surface area contributed by atoms with E-state index in [4.69, 9.17) is 11.6 Å². The average Bonchev–Trinajstić information content (AvgIpc) is 2.29. The summed E-state index contributed by atoms with van der Waals surface area (Å²) >= 11 is 5.74. The van der Waals surface area contributed by atoms with Gasteiger partial charge < -0.3 is 10.4 Å². The Morgan fingerprint density at radius 1 is 1.50 bits per heavy atom. The normalized spacial score (nSPS) is 34.2. The summed E-state index contributed by atoms with van der Waals surface area (Å²) in [5, 5.41) is 14.3. The lowest BCUT2D eigenvalue weighted by Crippen LogP contribution is -2.63. The highest BCUT2D eigenvalue weighted by molar-refractivity contribution is 6.29. The summed E-state index contributed by atoms with van der Waals surface area (Å²) in [6, 6.07) is 3.59. The first kappa shape index (κ1) is 10.5. The second-order valence-corrected chi connectivity index (χ2v) is 5.35. The van der Waals surface area contributed by atoms with E-state index >= 15 is 0 Å². The first-order valence-corrected chi connectivity index (χ1v) is 6.12. The zero-order chi connectivity index (χ0) is 11.2. The Labute approximate surface area is 99.8 Å². The Bertz CT molecular complexity index is 381. The van der Waals surface area contributed by atoms with Crippen molar-refractivity contribution in [3.8, 4) is 0 Å². The molecule has 4 rings (SSSR count). The van der Waals surface area contributed by atoms with Gasteiger partial charge in [0.1, 0.15) is 5.15 Å². The molecule has 2 bridgehead atoms. The van der Waals surface area contributed by atoms with Crippen LogP contribution >= 0.6 is 11.6 Å². The van der Waals surface area contributed by atoms with Gasteiger partial charge in [-0.2, -0.15) is 0 Å². The van der Waals surface area contributed by atoms with E-state index in [1.54, 1.807) is 12.3 Å². The fourth-order valence-corrected chi connectivity index (χ4v) is 3.14. The maximum absolute atomic E-state index is 10.4. The second kappa shape index (κ2) is 3.69. The fraction of sp³-hybridized carbons (Fsp3) is 0.583. The molecule has 1 saturated carbocycles. The van der Waals surface area contributed by atoms with Crippen LogP contribution in [0.2, 0.25) is 5.15 Å². The van der Waals surface area contributed by atoms with Crippen molar-refractivity contribution in [2.24, 2.45) is 5.92 Å². The van der Waals surface area contributed by atoms with Crippen LogP contribution in [-0.4, -0.2) is 22.2 Å². The predicted molar refractivity (Wildman–Crippen MR) is 62.3 cm³/mol. The number of nitrogens with zero attached hydrogens (tertiary/aromatic N) is 1. The number of rotatable bonds is 2. The van der Waals surface area contributed by atoms with Crippen LogP contribution in [0.3, 0.4) is 0 Å². The largest absolute Gasteiger partial charge is 0.386 e. The summed E-state index contributed by atoms with van der Waals surface area (Å²) in [6.45, 7) is 1.02. The molecule has 16 heavy (non-hydrogen) atoms. The molecule has 2 aliphatic heterocycles. The zero-order valence-electron chi connectivity index (χ0n) is 8.99. The van der Waals surface area contributed by atoms with Crippen molar-refractivity contribution < 1.29 is 5.11 Å². The van der Waals surface area contributed by atoms with E-state index in [2.05, 4.69) is 10.3 Å². The van der Waals surface area contributed by atoms with E-state index in [1.807, 2.05) is 6.07 Å². The highest BCUT2D eigenvalue weighted by atomic mass is 35.5. The number of hydrogen-bond acceptors (Lipinski definition) is 3. The summed E-state index contributed by atoms with van der Waals surface area (Å²) in [6.07, 6.45) is 4.61. The van der Waals surface area contributed by atoms with Crippen molar-refractivity contribution in [2.45, 2.75) is 30.9 Å². The maximum atomic E-state index is 10.4. The van der Waals surface area contributed by atoms with Gasteiger partial charge in [-0.25, -0.2) is 4.98 Å². The number of hydrogen-bond donors (Lipinski definition) is 2. The Morgan fingerprint density at radius 2 is 2.31 bits per heavy atom. The number of pyridine rings is 1. The zero-order valence-corrected chi connectivity index (χ0v) is 9.74. The van der Waals surface area contributed by atoms with Gasteiger partial charge in [0.25, 0.3) is 0 Å². The fourth-order valence-electron chi connectivity index (χ4n) is 3.03. The number of halogens is 1. The second-order valence-electron chi connectivity index (χ2n) is 4.96. The van der Waals surface area contributed by atoms with E-state index in [-0.39, 0.29) is 5.54 Å². The molecule has 2 saturated heterocycles. The van der Waals surface area contributed by atoms with Crippen LogP contribution in [0.4, 0.5) is 0 Å². The third kappa shape index (κ3) is 1.54. The first-order valence-electron chi connectivity index (χ1n) is 5.74. The highest BCUT2D eigenvalue weighted by Crippen LogP contribution is 2.49. The number of fused-ring (bicyclic) bond motifs is 2. The van der Waals surface area contributed by atoms with E-state index in [9.17, 15) is 5.11 Å². The van der Waals surface area contributed by atoms with Gasteiger partial charge in [-0.1, -0.05) is 17.7 Å². The van der Waals surface area contributed by atoms with Crippen LogP contribution in [0.1, 0.15) is 30.9 Å². The van der Waals surface area contributed by atoms with Crippen molar-refractivity contribution in [3.05, 3.63) is 29.0 Å². The van der Waals surface area contributed by atoms with Crippen molar-refractivity contribution in [1.29, 1.82) is 0 Å². The number of aromatic nitrogens is 1. The van der Waals surface area contributed by atoms with Crippen LogP contribution < -0.4 is 5.32 Å². The van der Waals surface area contributed by atoms with Gasteiger partial charge in [0.15, 0.2) is 0 Å². The molecular formula is C12H15ClN2O. The van der Waals surface area contributed by atoms with Crippen molar-refractivity contribution in [1.82, 2.24) is 10.3 Å². The summed E-state index contributed by atoms with van der Waals surface area (Å²) in [5.41, 5.74) is 0.760. The van der Waals surface area contributed by atoms with Gasteiger partial charge in [-0.05, 0) is 37.8 Å². The number of aliphatic hydroxyl groups excluding tert-OH is 1. The molecule has 2 N–H and O–H groups in total. The monoisotopic (exact) mass is 238 g/mol. The number of aliphatic hydroxyl groups is 1. The molecule has 86 valence electrons. The van der Waals surface area contributed by atoms with Gasteiger partial charge in [-0.15, -0.1) is 0 Å². The molecule has 1 unspecified atom stereocenters. The maximum Gasteiger partial charge on any atom is 0.129 e. The van der Waals surface area contributed by atoms with E-state index in [0.29, 0.717) is 5.15 Å². The SMILES string of the molecule is OC(c1ccc(Cl)nc1)C12CC(CCN1)C2. The molecule has 0 aromatic carbocycles. The molecule has 0 spiro atoms. The molecule has 3 fully saturated rings. The third-order valence-corrected chi connectivity index (χ3v) is 4.15. The summed E-state index contributed by atoms with van der Waals surface area (Å²) < 4.78 is 0. The molecule has 0 radical (unpaired) electrons. The highest BCUT2D eigenvalue weighted by Gasteiger charge is 2.51. The van der Waals surface area contributed by atoms with Gasteiger partial charge >= 0.3 is 0 Å². The standard InChI is InChI=1S/C12H15ClN2O/c13-10-2-1-9(7-14-10)11(16)12-5-8(6-12)3-4-15-12/h1-2,7-8,11,15-16H,3-6H2. The third-order valence-electron chi connectivity index (χ3n) is 3.92. The predicted octanol–water partition coefficient (Wildman–Crippen LogP) is 1.91. The molecule has 1 aliphatic carbocycles. The van der Waals surface area contributed by atoms with Crippen LogP contribution in [-0.2, 0) is 0 Å². The number of nitrogens with one attached hydrogen (secondary N) is 1. The molecular weight excluding hydrogens is 224 g/mol. The van der Waals surface area contributed by atoms with Gasteiger partial charge in [0, 0.05) is 17.3 Å². The first-order chi connectivity index (χ1) is 7.70. The Balaban J connectivity index is 1.82. The van der Waals surface area contributed by atoms with Crippen molar-refractivity contribution in [2.75, 3.05) is 6.54 Å². The van der Waals surface area contributed by atoms with Crippen molar-refractivity contribution >= 4 is 11.6 Å². The summed E-state index contributed by atoms with van der Waals surface area (Å²) in [5.74, 6) is 0.802. The Morgan fingerprint density at radius 3 is 2.88 bits per heavy atom. The van der Waals surface area contributed by atoms with E-state index in [1.165, 1.54) is 6.42 Å². The minimum Gasteiger partial charge on any atom is -0.386 e. The lowest BCUT2D eigenvalue weighted by atomic mass is 9.60. The van der Waals surface area contributed by atoms with E-state index in [0.717, 1.165) is 30.9 Å². The van der Waals surface area contributed by atoms with Gasteiger partial charge in [-0.3, -0.25) is 0 Å². The topological polar surface area (TPSA) is 45.2 Å². The quantitative estimate of drug-likeness (QED) is 0.774. The molecule has 1 aromatic rings. The smallest absolute Gasteiger partial charge is 0.129 e. The van der Waals surface area contributed by atoms with Crippen LogP contribution in [0.25, 0.3) is 0 Å². The Hall–Kier alpha value is -0.640. The lowest BCUT2D eigenvalue weighted by molar-refractivity contribution is -0.0552.